The Kier molecular flexibility index (Phi) is 3.93. The molecule has 112 valence electrons. The fourth-order valence-electron chi connectivity index (χ4n) is 2.14. The first-order chi connectivity index (χ1) is 10.6. The fourth-order valence-corrected chi connectivity index (χ4v) is 2.32. The average Bonchev–Trinajstić information content (AvgIpc) is 2.95. The lowest BCUT2D eigenvalue weighted by atomic mass is 10.3. The lowest BCUT2D eigenvalue weighted by Gasteiger charge is -2.17. The Morgan fingerprint density at radius 3 is 2.73 bits per heavy atom. The molecule has 22 heavy (non-hydrogen) atoms. The van der Waals surface area contributed by atoms with Gasteiger partial charge in [-0.2, -0.15) is 10.1 Å². The van der Waals surface area contributed by atoms with Crippen LogP contribution in [-0.2, 0) is 6.54 Å². The molecule has 2 heterocycles. The van der Waals surface area contributed by atoms with Crippen LogP contribution in [0.2, 0.25) is 5.15 Å². The molecule has 3 rings (SSSR count). The molecular weight excluding hydrogens is 300 g/mol. The molecule has 6 nitrogen and oxygen atoms in total. The largest absolute Gasteiger partial charge is 0.368 e. The van der Waals surface area contributed by atoms with E-state index in [9.17, 15) is 0 Å². The van der Waals surface area contributed by atoms with Gasteiger partial charge in [-0.05, 0) is 12.1 Å². The van der Waals surface area contributed by atoms with Crippen LogP contribution in [0, 0.1) is 0 Å². The van der Waals surface area contributed by atoms with Crippen molar-refractivity contribution in [1.82, 2.24) is 19.7 Å². The van der Waals surface area contributed by atoms with E-state index in [-0.39, 0.29) is 5.95 Å². The summed E-state index contributed by atoms with van der Waals surface area (Å²) in [6, 6.07) is 11.6. The van der Waals surface area contributed by atoms with Gasteiger partial charge in [-0.3, -0.25) is 0 Å². The minimum atomic E-state index is 0.161. The quantitative estimate of drug-likeness (QED) is 0.749. The average molecular weight is 315 g/mol. The van der Waals surface area contributed by atoms with Crippen LogP contribution >= 0.6 is 11.6 Å². The number of rotatable bonds is 4. The van der Waals surface area contributed by atoms with E-state index in [0.29, 0.717) is 17.5 Å². The number of benzene rings is 1. The van der Waals surface area contributed by atoms with Gasteiger partial charge >= 0.3 is 0 Å². The molecule has 0 saturated heterocycles. The molecule has 0 bridgehead atoms. The first kappa shape index (κ1) is 14.3. The topological polar surface area (TPSA) is 72.9 Å². The summed E-state index contributed by atoms with van der Waals surface area (Å²) in [5, 5.41) is 4.70. The van der Waals surface area contributed by atoms with E-state index >= 15 is 0 Å². The van der Waals surface area contributed by atoms with Crippen molar-refractivity contribution in [2.75, 3.05) is 17.7 Å². The second kappa shape index (κ2) is 6.03. The number of anilines is 2. The Morgan fingerprint density at radius 1 is 1.23 bits per heavy atom. The zero-order valence-corrected chi connectivity index (χ0v) is 12.8. The third-order valence-corrected chi connectivity index (χ3v) is 3.36. The molecule has 0 unspecified atom stereocenters. The molecule has 7 heteroatoms. The van der Waals surface area contributed by atoms with E-state index in [1.54, 1.807) is 6.07 Å². The van der Waals surface area contributed by atoms with Gasteiger partial charge in [0.15, 0.2) is 0 Å². The molecule has 0 fully saturated rings. The summed E-state index contributed by atoms with van der Waals surface area (Å²) in [5.74, 6) is 0.833. The summed E-state index contributed by atoms with van der Waals surface area (Å²) in [7, 11) is 1.91. The highest BCUT2D eigenvalue weighted by molar-refractivity contribution is 6.29. The summed E-state index contributed by atoms with van der Waals surface area (Å²) >= 11 is 5.91. The van der Waals surface area contributed by atoms with Crippen molar-refractivity contribution >= 4 is 23.4 Å². The monoisotopic (exact) mass is 314 g/mol. The van der Waals surface area contributed by atoms with Crippen molar-refractivity contribution in [1.29, 1.82) is 0 Å². The zero-order chi connectivity index (χ0) is 15.5. The number of nitrogens with zero attached hydrogens (tertiary/aromatic N) is 5. The number of nitrogen functional groups attached to an aromatic ring is 1. The van der Waals surface area contributed by atoms with Crippen LogP contribution in [0.25, 0.3) is 5.69 Å². The van der Waals surface area contributed by atoms with E-state index in [4.69, 9.17) is 17.3 Å². The van der Waals surface area contributed by atoms with Gasteiger partial charge in [0, 0.05) is 31.4 Å². The number of aromatic nitrogens is 4. The summed E-state index contributed by atoms with van der Waals surface area (Å²) in [5.41, 5.74) is 7.70. The molecule has 0 atom stereocenters. The second-order valence-corrected chi connectivity index (χ2v) is 5.28. The maximum Gasteiger partial charge on any atom is 0.223 e. The molecule has 0 aliphatic carbocycles. The first-order valence-corrected chi connectivity index (χ1v) is 7.10. The number of hydrogen-bond donors (Lipinski definition) is 1. The Bertz CT molecular complexity index is 750. The van der Waals surface area contributed by atoms with Crippen molar-refractivity contribution in [2.24, 2.45) is 0 Å². The van der Waals surface area contributed by atoms with E-state index in [2.05, 4.69) is 15.1 Å². The molecule has 0 radical (unpaired) electrons. The minimum Gasteiger partial charge on any atom is -0.368 e. The highest BCUT2D eigenvalue weighted by Crippen LogP contribution is 2.18. The Balaban J connectivity index is 1.77. The van der Waals surface area contributed by atoms with Gasteiger partial charge in [0.05, 0.1) is 11.9 Å². The van der Waals surface area contributed by atoms with Crippen molar-refractivity contribution in [3.63, 3.8) is 0 Å². The standard InChI is InChI=1S/C15H15ClN6/c1-21(14-7-13(16)19-15(17)20-14)9-11-8-18-22(10-11)12-5-3-2-4-6-12/h2-8,10H,9H2,1H3,(H2,17,19,20). The van der Waals surface area contributed by atoms with Gasteiger partial charge < -0.3 is 10.6 Å². The number of nitrogens with two attached hydrogens (primary N) is 1. The molecule has 0 aliphatic heterocycles. The maximum atomic E-state index is 5.91. The van der Waals surface area contributed by atoms with Gasteiger partial charge in [-0.15, -0.1) is 0 Å². The molecule has 2 N–H and O–H groups in total. The maximum absolute atomic E-state index is 5.91. The highest BCUT2D eigenvalue weighted by Gasteiger charge is 2.08. The lowest BCUT2D eigenvalue weighted by molar-refractivity contribution is 0.874. The molecule has 0 amide bonds. The van der Waals surface area contributed by atoms with Crippen molar-refractivity contribution in [3.8, 4) is 5.69 Å². The summed E-state index contributed by atoms with van der Waals surface area (Å²) in [6.07, 6.45) is 3.81. The van der Waals surface area contributed by atoms with Gasteiger partial charge in [0.1, 0.15) is 11.0 Å². The molecule has 1 aromatic carbocycles. The Hall–Kier alpha value is -2.60. The van der Waals surface area contributed by atoms with Crippen LogP contribution in [0.1, 0.15) is 5.56 Å². The number of hydrogen-bond acceptors (Lipinski definition) is 5. The lowest BCUT2D eigenvalue weighted by Crippen LogP contribution is -2.18. The van der Waals surface area contributed by atoms with E-state index in [1.165, 1.54) is 0 Å². The number of halogens is 1. The molecule has 3 aromatic rings. The molecular formula is C15H15ClN6. The van der Waals surface area contributed by atoms with Gasteiger partial charge in [0.2, 0.25) is 5.95 Å². The third-order valence-electron chi connectivity index (χ3n) is 3.17. The van der Waals surface area contributed by atoms with Gasteiger partial charge in [-0.1, -0.05) is 29.8 Å². The van der Waals surface area contributed by atoms with Gasteiger partial charge in [0.25, 0.3) is 0 Å². The van der Waals surface area contributed by atoms with Crippen molar-refractivity contribution in [3.05, 3.63) is 59.5 Å². The predicted molar refractivity (Wildman–Crippen MR) is 87.1 cm³/mol. The fraction of sp³-hybridized carbons (Fsp3) is 0.133. The number of para-hydroxylation sites is 1. The van der Waals surface area contributed by atoms with Crippen LogP contribution < -0.4 is 10.6 Å². The van der Waals surface area contributed by atoms with Crippen molar-refractivity contribution in [2.45, 2.75) is 6.54 Å². The second-order valence-electron chi connectivity index (χ2n) is 4.89. The third kappa shape index (κ3) is 3.17. The molecule has 0 spiro atoms. The Morgan fingerprint density at radius 2 is 2.00 bits per heavy atom. The summed E-state index contributed by atoms with van der Waals surface area (Å²) in [6.45, 7) is 0.639. The first-order valence-electron chi connectivity index (χ1n) is 6.72. The SMILES string of the molecule is CN(Cc1cnn(-c2ccccc2)c1)c1cc(Cl)nc(N)n1. The molecule has 0 saturated carbocycles. The summed E-state index contributed by atoms with van der Waals surface area (Å²) in [4.78, 5) is 9.97. The normalized spacial score (nSPS) is 10.6. The summed E-state index contributed by atoms with van der Waals surface area (Å²) < 4.78 is 1.84. The van der Waals surface area contributed by atoms with Crippen molar-refractivity contribution < 1.29 is 0 Å². The molecule has 0 aliphatic rings. The van der Waals surface area contributed by atoms with Crippen LogP contribution in [0.4, 0.5) is 11.8 Å². The van der Waals surface area contributed by atoms with Crippen LogP contribution in [0.15, 0.2) is 48.8 Å². The smallest absolute Gasteiger partial charge is 0.223 e. The van der Waals surface area contributed by atoms with E-state index < -0.39 is 0 Å². The van der Waals surface area contributed by atoms with Crippen LogP contribution in [0.3, 0.4) is 0 Å². The van der Waals surface area contributed by atoms with Crippen LogP contribution in [0.5, 0.6) is 0 Å². The van der Waals surface area contributed by atoms with E-state index in [1.807, 2.05) is 59.4 Å². The predicted octanol–water partition coefficient (Wildman–Crippen LogP) is 2.53. The highest BCUT2D eigenvalue weighted by atomic mass is 35.5. The molecule has 2 aromatic heterocycles. The Labute approximate surface area is 133 Å². The van der Waals surface area contributed by atoms with Crippen LogP contribution in [-0.4, -0.2) is 26.8 Å². The minimum absolute atomic E-state index is 0.161. The van der Waals surface area contributed by atoms with E-state index in [0.717, 1.165) is 11.3 Å². The van der Waals surface area contributed by atoms with Gasteiger partial charge in [-0.25, -0.2) is 9.67 Å². The zero-order valence-electron chi connectivity index (χ0n) is 12.0.